The Bertz CT molecular complexity index is 660. The average molecular weight is 329 g/mol. The summed E-state index contributed by atoms with van der Waals surface area (Å²) in [4.78, 5) is 23.6. The highest BCUT2D eigenvalue weighted by Gasteiger charge is 2.25. The van der Waals surface area contributed by atoms with Crippen molar-refractivity contribution in [1.29, 1.82) is 0 Å². The molecule has 0 aliphatic carbocycles. The monoisotopic (exact) mass is 329 g/mol. The van der Waals surface area contributed by atoms with Gasteiger partial charge in [0.15, 0.2) is 0 Å². The van der Waals surface area contributed by atoms with Crippen LogP contribution < -0.4 is 5.32 Å². The normalized spacial score (nSPS) is 18.7. The Kier molecular flexibility index (Phi) is 4.79. The van der Waals surface area contributed by atoms with Gasteiger partial charge in [0.1, 0.15) is 9.84 Å². The maximum absolute atomic E-state index is 12.0. The first kappa shape index (κ1) is 15.7. The number of carbonyl (C=O) groups is 2. The highest BCUT2D eigenvalue weighted by Crippen LogP contribution is 2.19. The molecule has 0 atom stereocenters. The summed E-state index contributed by atoms with van der Waals surface area (Å²) in [5.74, 6) is -1.08. The van der Waals surface area contributed by atoms with E-state index in [2.05, 4.69) is 5.32 Å². The van der Waals surface area contributed by atoms with Gasteiger partial charge in [-0.15, -0.1) is 11.3 Å². The van der Waals surface area contributed by atoms with Crippen LogP contribution >= 0.6 is 11.3 Å². The first-order valence-electron chi connectivity index (χ1n) is 6.38. The average Bonchev–Trinajstić information content (AvgIpc) is 2.88. The summed E-state index contributed by atoms with van der Waals surface area (Å²) in [7, 11) is -2.94. The van der Waals surface area contributed by atoms with Crippen LogP contribution in [0.3, 0.4) is 0 Å². The second-order valence-electron chi connectivity index (χ2n) is 4.77. The van der Waals surface area contributed by atoms with Crippen LogP contribution in [0.1, 0.15) is 27.4 Å². The summed E-state index contributed by atoms with van der Waals surface area (Å²) in [6, 6.07) is 3.17. The SMILES string of the molecule is O=C(O)C=Cc1ccc(C(=O)NC2CCS(=O)(=O)CC2)s1. The van der Waals surface area contributed by atoms with E-state index in [-0.39, 0.29) is 23.5 Å². The number of sulfone groups is 1. The van der Waals surface area contributed by atoms with Gasteiger partial charge in [-0.05, 0) is 31.1 Å². The van der Waals surface area contributed by atoms with Crippen molar-refractivity contribution in [1.82, 2.24) is 5.32 Å². The van der Waals surface area contributed by atoms with Crippen LogP contribution in [0.4, 0.5) is 0 Å². The van der Waals surface area contributed by atoms with E-state index in [1.165, 1.54) is 17.4 Å². The molecular weight excluding hydrogens is 314 g/mol. The zero-order valence-electron chi connectivity index (χ0n) is 11.1. The fourth-order valence-corrected chi connectivity index (χ4v) is 4.31. The van der Waals surface area contributed by atoms with Gasteiger partial charge < -0.3 is 10.4 Å². The quantitative estimate of drug-likeness (QED) is 0.807. The Labute approximate surface area is 126 Å². The minimum Gasteiger partial charge on any atom is -0.478 e. The van der Waals surface area contributed by atoms with Gasteiger partial charge in [0, 0.05) is 17.0 Å². The predicted octanol–water partition coefficient (Wildman–Crippen LogP) is 1.15. The number of nitrogens with one attached hydrogen (secondary N) is 1. The molecule has 8 heteroatoms. The molecule has 1 aromatic rings. The van der Waals surface area contributed by atoms with Crippen molar-refractivity contribution in [3.05, 3.63) is 28.0 Å². The van der Waals surface area contributed by atoms with E-state index in [9.17, 15) is 18.0 Å². The molecule has 0 spiro atoms. The van der Waals surface area contributed by atoms with Crippen molar-refractivity contribution in [3.63, 3.8) is 0 Å². The van der Waals surface area contributed by atoms with Crippen molar-refractivity contribution in [2.24, 2.45) is 0 Å². The van der Waals surface area contributed by atoms with Crippen LogP contribution in [0.5, 0.6) is 0 Å². The minimum absolute atomic E-state index is 0.106. The van der Waals surface area contributed by atoms with Gasteiger partial charge in [0.2, 0.25) is 0 Å². The van der Waals surface area contributed by atoms with Crippen molar-refractivity contribution >= 4 is 39.1 Å². The standard InChI is InChI=1S/C13H15NO5S2/c15-12(16)4-2-10-1-3-11(20-10)13(17)14-9-5-7-21(18,19)8-6-9/h1-4,9H,5-8H2,(H,14,17)(H,15,16). The molecule has 2 rings (SSSR count). The summed E-state index contributed by atoms with van der Waals surface area (Å²) in [5, 5.41) is 11.4. The second kappa shape index (κ2) is 6.40. The summed E-state index contributed by atoms with van der Waals surface area (Å²) < 4.78 is 22.6. The Morgan fingerprint density at radius 1 is 1.29 bits per heavy atom. The van der Waals surface area contributed by atoms with Crippen LogP contribution in [0.2, 0.25) is 0 Å². The molecule has 0 aromatic carbocycles. The van der Waals surface area contributed by atoms with Gasteiger partial charge in [-0.1, -0.05) is 0 Å². The number of hydrogen-bond acceptors (Lipinski definition) is 5. The zero-order chi connectivity index (χ0) is 15.5. The molecular formula is C13H15NO5S2. The molecule has 1 saturated heterocycles. The van der Waals surface area contributed by atoms with Gasteiger partial charge in [-0.25, -0.2) is 13.2 Å². The molecule has 1 fully saturated rings. The third-order valence-electron chi connectivity index (χ3n) is 3.13. The summed E-state index contributed by atoms with van der Waals surface area (Å²) in [5.41, 5.74) is 0. The molecule has 0 saturated carbocycles. The van der Waals surface area contributed by atoms with E-state index in [0.717, 1.165) is 6.08 Å². The fourth-order valence-electron chi connectivity index (χ4n) is 2.01. The van der Waals surface area contributed by atoms with Gasteiger partial charge in [-0.2, -0.15) is 0 Å². The number of aliphatic carboxylic acids is 1. The van der Waals surface area contributed by atoms with Crippen LogP contribution in [-0.2, 0) is 14.6 Å². The topological polar surface area (TPSA) is 101 Å². The molecule has 0 bridgehead atoms. The van der Waals surface area contributed by atoms with Crippen molar-refractivity contribution in [2.75, 3.05) is 11.5 Å². The third kappa shape index (κ3) is 4.68. The lowest BCUT2D eigenvalue weighted by atomic mass is 10.1. The minimum atomic E-state index is -2.94. The number of thiophene rings is 1. The van der Waals surface area contributed by atoms with Gasteiger partial charge >= 0.3 is 5.97 Å². The molecule has 2 heterocycles. The van der Waals surface area contributed by atoms with E-state index >= 15 is 0 Å². The second-order valence-corrected chi connectivity index (χ2v) is 8.19. The van der Waals surface area contributed by atoms with Crippen molar-refractivity contribution < 1.29 is 23.1 Å². The van der Waals surface area contributed by atoms with E-state index in [1.54, 1.807) is 12.1 Å². The lowest BCUT2D eigenvalue weighted by molar-refractivity contribution is -0.131. The number of amides is 1. The molecule has 1 aromatic heterocycles. The Morgan fingerprint density at radius 3 is 2.57 bits per heavy atom. The van der Waals surface area contributed by atoms with Crippen LogP contribution in [0, 0.1) is 0 Å². The number of carbonyl (C=O) groups excluding carboxylic acids is 1. The number of carboxylic acid groups (broad SMARTS) is 1. The largest absolute Gasteiger partial charge is 0.478 e. The molecule has 1 aliphatic heterocycles. The maximum Gasteiger partial charge on any atom is 0.328 e. The molecule has 114 valence electrons. The predicted molar refractivity (Wildman–Crippen MR) is 80.1 cm³/mol. The molecule has 0 unspecified atom stereocenters. The van der Waals surface area contributed by atoms with Crippen molar-refractivity contribution in [2.45, 2.75) is 18.9 Å². The van der Waals surface area contributed by atoms with Crippen LogP contribution in [-0.4, -0.2) is 42.9 Å². The van der Waals surface area contributed by atoms with E-state index < -0.39 is 15.8 Å². The van der Waals surface area contributed by atoms with Crippen molar-refractivity contribution in [3.8, 4) is 0 Å². The molecule has 2 N–H and O–H groups in total. The Hall–Kier alpha value is -1.67. The fraction of sp³-hybridized carbons (Fsp3) is 0.385. The van der Waals surface area contributed by atoms with Crippen LogP contribution in [0.15, 0.2) is 18.2 Å². The van der Waals surface area contributed by atoms with E-state index in [1.807, 2.05) is 0 Å². The van der Waals surface area contributed by atoms with E-state index in [0.29, 0.717) is 22.6 Å². The Balaban J connectivity index is 1.93. The molecule has 1 amide bonds. The lowest BCUT2D eigenvalue weighted by Crippen LogP contribution is -2.40. The van der Waals surface area contributed by atoms with Gasteiger partial charge in [0.05, 0.1) is 16.4 Å². The lowest BCUT2D eigenvalue weighted by Gasteiger charge is -2.22. The van der Waals surface area contributed by atoms with E-state index in [4.69, 9.17) is 5.11 Å². The van der Waals surface area contributed by atoms with Crippen LogP contribution in [0.25, 0.3) is 6.08 Å². The number of rotatable bonds is 4. The highest BCUT2D eigenvalue weighted by molar-refractivity contribution is 7.91. The summed E-state index contributed by atoms with van der Waals surface area (Å²) >= 11 is 1.19. The third-order valence-corrected chi connectivity index (χ3v) is 5.90. The smallest absolute Gasteiger partial charge is 0.328 e. The zero-order valence-corrected chi connectivity index (χ0v) is 12.7. The molecule has 21 heavy (non-hydrogen) atoms. The number of carboxylic acids is 1. The summed E-state index contributed by atoms with van der Waals surface area (Å²) in [6.45, 7) is 0. The first-order chi connectivity index (χ1) is 9.85. The first-order valence-corrected chi connectivity index (χ1v) is 9.02. The number of hydrogen-bond donors (Lipinski definition) is 2. The molecule has 6 nitrogen and oxygen atoms in total. The molecule has 0 radical (unpaired) electrons. The molecule has 1 aliphatic rings. The summed E-state index contributed by atoms with van der Waals surface area (Å²) in [6.07, 6.45) is 3.31. The van der Waals surface area contributed by atoms with Gasteiger partial charge in [0.25, 0.3) is 5.91 Å². The Morgan fingerprint density at radius 2 is 1.95 bits per heavy atom. The van der Waals surface area contributed by atoms with Gasteiger partial charge in [-0.3, -0.25) is 4.79 Å². The maximum atomic E-state index is 12.0. The highest BCUT2D eigenvalue weighted by atomic mass is 32.2.